The molecule has 0 atom stereocenters. The molecule has 0 aliphatic carbocycles. The molecule has 0 radical (unpaired) electrons. The van der Waals surface area contributed by atoms with Crippen molar-refractivity contribution in [3.63, 3.8) is 0 Å². The van der Waals surface area contributed by atoms with Crippen molar-refractivity contribution >= 4 is 33.7 Å². The zero-order chi connectivity index (χ0) is 14.4. The van der Waals surface area contributed by atoms with Crippen molar-refractivity contribution in [2.75, 3.05) is 10.6 Å². The Bertz CT molecular complexity index is 801. The summed E-state index contributed by atoms with van der Waals surface area (Å²) in [6.45, 7) is 2.11. The van der Waals surface area contributed by atoms with Crippen molar-refractivity contribution < 1.29 is 0 Å². The van der Waals surface area contributed by atoms with Gasteiger partial charge in [-0.2, -0.15) is 0 Å². The molecule has 0 bridgehead atoms. The number of halogens is 1. The van der Waals surface area contributed by atoms with Crippen LogP contribution in [0.4, 0.5) is 11.4 Å². The third-order valence-corrected chi connectivity index (χ3v) is 4.42. The first kappa shape index (κ1) is 12.5. The van der Waals surface area contributed by atoms with E-state index in [1.54, 1.807) is 0 Å². The highest BCUT2D eigenvalue weighted by atomic mass is 35.5. The predicted molar refractivity (Wildman–Crippen MR) is 90.0 cm³/mol. The van der Waals surface area contributed by atoms with E-state index >= 15 is 0 Å². The van der Waals surface area contributed by atoms with Gasteiger partial charge in [0.05, 0.1) is 0 Å². The predicted octanol–water partition coefficient (Wildman–Crippen LogP) is 5.20. The molecule has 0 unspecified atom stereocenters. The lowest BCUT2D eigenvalue weighted by atomic mass is 9.95. The molecule has 3 aromatic carbocycles. The Hall–Kier alpha value is -2.19. The Morgan fingerprint density at radius 2 is 1.43 bits per heavy atom. The molecule has 2 nitrogen and oxygen atoms in total. The van der Waals surface area contributed by atoms with E-state index in [1.807, 2.05) is 18.2 Å². The summed E-state index contributed by atoms with van der Waals surface area (Å²) in [7, 11) is 0. The first-order valence-corrected chi connectivity index (χ1v) is 7.38. The van der Waals surface area contributed by atoms with E-state index < -0.39 is 5.66 Å². The van der Waals surface area contributed by atoms with Gasteiger partial charge in [0, 0.05) is 27.3 Å². The van der Waals surface area contributed by atoms with E-state index in [0.29, 0.717) is 0 Å². The Labute approximate surface area is 128 Å². The molecule has 1 heterocycles. The van der Waals surface area contributed by atoms with Crippen LogP contribution in [0.2, 0.25) is 5.02 Å². The van der Waals surface area contributed by atoms with E-state index in [1.165, 1.54) is 10.8 Å². The van der Waals surface area contributed by atoms with E-state index in [2.05, 4.69) is 60.0 Å². The molecule has 0 fully saturated rings. The Morgan fingerprint density at radius 3 is 2.05 bits per heavy atom. The molecule has 1 aliphatic heterocycles. The molecule has 3 heteroatoms. The van der Waals surface area contributed by atoms with Gasteiger partial charge < -0.3 is 10.6 Å². The molecule has 4 rings (SSSR count). The van der Waals surface area contributed by atoms with Crippen LogP contribution in [0.3, 0.4) is 0 Å². The van der Waals surface area contributed by atoms with Gasteiger partial charge in [-0.05, 0) is 30.5 Å². The van der Waals surface area contributed by atoms with Crippen LogP contribution in [0.5, 0.6) is 0 Å². The first-order valence-electron chi connectivity index (χ1n) is 7.00. The van der Waals surface area contributed by atoms with Gasteiger partial charge in [0.2, 0.25) is 0 Å². The van der Waals surface area contributed by atoms with Crippen molar-refractivity contribution in [2.24, 2.45) is 0 Å². The fraction of sp³-hybridized carbons (Fsp3) is 0.111. The van der Waals surface area contributed by atoms with Gasteiger partial charge in [-0.1, -0.05) is 54.1 Å². The van der Waals surface area contributed by atoms with E-state index in [9.17, 15) is 0 Å². The second kappa shape index (κ2) is 4.40. The lowest BCUT2D eigenvalue weighted by Gasteiger charge is -2.39. The topological polar surface area (TPSA) is 24.1 Å². The van der Waals surface area contributed by atoms with Crippen LogP contribution in [-0.4, -0.2) is 0 Å². The lowest BCUT2D eigenvalue weighted by molar-refractivity contribution is 0.626. The summed E-state index contributed by atoms with van der Waals surface area (Å²) < 4.78 is 0. The van der Waals surface area contributed by atoms with Gasteiger partial charge >= 0.3 is 0 Å². The van der Waals surface area contributed by atoms with Crippen molar-refractivity contribution in [3.05, 3.63) is 71.2 Å². The molecule has 0 aromatic heterocycles. The quantitative estimate of drug-likeness (QED) is 0.644. The second-order valence-corrected chi connectivity index (χ2v) is 5.97. The van der Waals surface area contributed by atoms with Crippen LogP contribution < -0.4 is 10.6 Å². The number of hydrogen-bond acceptors (Lipinski definition) is 2. The largest absolute Gasteiger partial charge is 0.359 e. The third kappa shape index (κ3) is 1.87. The SMILES string of the molecule is CC1(c2ccccc2Cl)Nc2cccc3cccc(c23)N1. The standard InChI is InChI=1S/C18H15ClN2/c1-18(13-8-2-3-9-14(13)19)20-15-10-4-6-12-7-5-11-16(21-18)17(12)15/h2-11,20-21H,1H3. The number of rotatable bonds is 1. The number of hydrogen-bond donors (Lipinski definition) is 2. The number of anilines is 2. The highest BCUT2D eigenvalue weighted by Crippen LogP contribution is 2.42. The summed E-state index contributed by atoms with van der Waals surface area (Å²) in [6.07, 6.45) is 0. The fourth-order valence-electron chi connectivity index (χ4n) is 3.12. The maximum Gasteiger partial charge on any atom is 0.133 e. The molecule has 0 saturated heterocycles. The molecule has 21 heavy (non-hydrogen) atoms. The number of benzene rings is 3. The minimum atomic E-state index is -0.430. The average Bonchev–Trinajstić information content (AvgIpc) is 2.48. The molecule has 2 N–H and O–H groups in total. The molecule has 0 amide bonds. The van der Waals surface area contributed by atoms with Crippen LogP contribution in [0.25, 0.3) is 10.8 Å². The van der Waals surface area contributed by atoms with Gasteiger partial charge in [0.25, 0.3) is 0 Å². The van der Waals surface area contributed by atoms with Crippen molar-refractivity contribution in [1.82, 2.24) is 0 Å². The van der Waals surface area contributed by atoms with E-state index in [4.69, 9.17) is 11.6 Å². The van der Waals surface area contributed by atoms with E-state index in [0.717, 1.165) is 22.0 Å². The number of nitrogens with one attached hydrogen (secondary N) is 2. The minimum absolute atomic E-state index is 0.430. The van der Waals surface area contributed by atoms with Crippen LogP contribution in [0.15, 0.2) is 60.7 Å². The molecular formula is C18H15ClN2. The molecule has 0 saturated carbocycles. The summed E-state index contributed by atoms with van der Waals surface area (Å²) in [5.74, 6) is 0. The van der Waals surface area contributed by atoms with Gasteiger partial charge in [-0.15, -0.1) is 0 Å². The monoisotopic (exact) mass is 294 g/mol. The van der Waals surface area contributed by atoms with Crippen molar-refractivity contribution in [3.8, 4) is 0 Å². The Balaban J connectivity index is 1.92. The van der Waals surface area contributed by atoms with Crippen molar-refractivity contribution in [2.45, 2.75) is 12.6 Å². The zero-order valence-electron chi connectivity index (χ0n) is 11.7. The lowest BCUT2D eigenvalue weighted by Crippen LogP contribution is -2.42. The maximum absolute atomic E-state index is 6.40. The summed E-state index contributed by atoms with van der Waals surface area (Å²) >= 11 is 6.40. The van der Waals surface area contributed by atoms with Crippen LogP contribution in [0, 0.1) is 0 Å². The van der Waals surface area contributed by atoms with Gasteiger partial charge in [-0.25, -0.2) is 0 Å². The average molecular weight is 295 g/mol. The Kier molecular flexibility index (Phi) is 2.63. The molecule has 3 aromatic rings. The summed E-state index contributed by atoms with van der Waals surface area (Å²) in [6, 6.07) is 20.6. The van der Waals surface area contributed by atoms with Gasteiger partial charge in [0.1, 0.15) is 5.66 Å². The molecule has 1 aliphatic rings. The summed E-state index contributed by atoms with van der Waals surface area (Å²) in [5, 5.41) is 10.4. The molecular weight excluding hydrogens is 280 g/mol. The third-order valence-electron chi connectivity index (χ3n) is 4.09. The van der Waals surface area contributed by atoms with Crippen LogP contribution in [0.1, 0.15) is 12.5 Å². The maximum atomic E-state index is 6.40. The smallest absolute Gasteiger partial charge is 0.133 e. The first-order chi connectivity index (χ1) is 10.2. The second-order valence-electron chi connectivity index (χ2n) is 5.56. The normalized spacial score (nSPS) is 15.3. The summed E-state index contributed by atoms with van der Waals surface area (Å²) in [4.78, 5) is 0. The highest BCUT2D eigenvalue weighted by Gasteiger charge is 2.32. The van der Waals surface area contributed by atoms with Crippen LogP contribution in [-0.2, 0) is 5.66 Å². The van der Waals surface area contributed by atoms with Crippen LogP contribution >= 0.6 is 11.6 Å². The van der Waals surface area contributed by atoms with Crippen molar-refractivity contribution in [1.29, 1.82) is 0 Å². The van der Waals surface area contributed by atoms with Gasteiger partial charge in [0.15, 0.2) is 0 Å². The summed E-state index contributed by atoms with van der Waals surface area (Å²) in [5.41, 5.74) is 2.87. The minimum Gasteiger partial charge on any atom is -0.359 e. The molecule has 0 spiro atoms. The van der Waals surface area contributed by atoms with E-state index in [-0.39, 0.29) is 0 Å². The zero-order valence-corrected chi connectivity index (χ0v) is 12.4. The molecule has 104 valence electrons. The Morgan fingerprint density at radius 1 is 0.810 bits per heavy atom. The highest BCUT2D eigenvalue weighted by molar-refractivity contribution is 6.31. The van der Waals surface area contributed by atoms with Gasteiger partial charge in [-0.3, -0.25) is 0 Å². The fourth-order valence-corrected chi connectivity index (χ4v) is 3.45.